The zero-order valence-electron chi connectivity index (χ0n) is 26.1. The van der Waals surface area contributed by atoms with Gasteiger partial charge in [0.05, 0.1) is 10.6 Å². The van der Waals surface area contributed by atoms with E-state index in [1.54, 1.807) is 48.5 Å². The highest BCUT2D eigenvalue weighted by Crippen LogP contribution is 2.27. The Morgan fingerprint density at radius 3 is 1.93 bits per heavy atom. The summed E-state index contributed by atoms with van der Waals surface area (Å²) in [6.07, 6.45) is 0.269. The standard InChI is InChI=1S/C36H40BrN3O4S/c1-26(2)23-38-36(42)34(22-29-8-6-5-7-9-29)39(24-30-14-10-27(3)11-15-30)35(41)25-40(32-18-16-31(37)17-19-32)45(43,44)33-20-12-28(4)13-21-33/h5-21,26,34H,22-25H2,1-4H3,(H,38,42)/t34-/m1/s1. The fourth-order valence-corrected chi connectivity index (χ4v) is 6.52. The summed E-state index contributed by atoms with van der Waals surface area (Å²) in [6, 6.07) is 29.8. The quantitative estimate of drug-likeness (QED) is 0.170. The van der Waals surface area contributed by atoms with Crippen molar-refractivity contribution in [3.8, 4) is 0 Å². The molecule has 45 heavy (non-hydrogen) atoms. The lowest BCUT2D eigenvalue weighted by molar-refractivity contribution is -0.140. The summed E-state index contributed by atoms with van der Waals surface area (Å²) < 4.78 is 30.1. The molecule has 1 N–H and O–H groups in total. The molecule has 0 saturated heterocycles. The van der Waals surface area contributed by atoms with Crippen LogP contribution in [0.25, 0.3) is 0 Å². The van der Waals surface area contributed by atoms with Crippen molar-refractivity contribution in [3.63, 3.8) is 0 Å². The number of benzene rings is 4. The average molecular weight is 691 g/mol. The highest BCUT2D eigenvalue weighted by Gasteiger charge is 2.34. The molecule has 0 radical (unpaired) electrons. The van der Waals surface area contributed by atoms with E-state index in [9.17, 15) is 18.0 Å². The number of halogens is 1. The van der Waals surface area contributed by atoms with Crippen LogP contribution in [0.4, 0.5) is 5.69 Å². The minimum Gasteiger partial charge on any atom is -0.354 e. The Labute approximate surface area is 275 Å². The topological polar surface area (TPSA) is 86.8 Å². The maximum Gasteiger partial charge on any atom is 0.264 e. The van der Waals surface area contributed by atoms with E-state index >= 15 is 0 Å². The SMILES string of the molecule is Cc1ccc(CN(C(=O)CN(c2ccc(Br)cc2)S(=O)(=O)c2ccc(C)cc2)[C@H](Cc2ccccc2)C(=O)NCC(C)C)cc1. The first-order chi connectivity index (χ1) is 21.4. The van der Waals surface area contributed by atoms with Gasteiger partial charge >= 0.3 is 0 Å². The lowest BCUT2D eigenvalue weighted by Crippen LogP contribution is -2.53. The van der Waals surface area contributed by atoms with Crippen LogP contribution in [0.15, 0.2) is 112 Å². The molecule has 4 aromatic carbocycles. The molecule has 0 aliphatic carbocycles. The van der Waals surface area contributed by atoms with Crippen molar-refractivity contribution in [2.24, 2.45) is 5.92 Å². The fraction of sp³-hybridized carbons (Fsp3) is 0.278. The van der Waals surface area contributed by atoms with Crippen molar-refractivity contribution < 1.29 is 18.0 Å². The van der Waals surface area contributed by atoms with Gasteiger partial charge in [-0.3, -0.25) is 13.9 Å². The molecule has 1 atom stereocenters. The van der Waals surface area contributed by atoms with Gasteiger partial charge in [-0.1, -0.05) is 108 Å². The maximum atomic E-state index is 14.5. The van der Waals surface area contributed by atoms with Crippen LogP contribution in [-0.4, -0.2) is 44.3 Å². The Bertz CT molecular complexity index is 1680. The van der Waals surface area contributed by atoms with Crippen LogP contribution in [0.1, 0.15) is 36.1 Å². The molecule has 0 bridgehead atoms. The molecule has 0 aromatic heterocycles. The zero-order valence-corrected chi connectivity index (χ0v) is 28.5. The molecule has 236 valence electrons. The van der Waals surface area contributed by atoms with Crippen molar-refractivity contribution in [1.29, 1.82) is 0 Å². The molecule has 0 saturated carbocycles. The van der Waals surface area contributed by atoms with E-state index in [1.165, 1.54) is 4.90 Å². The van der Waals surface area contributed by atoms with Gasteiger partial charge in [-0.25, -0.2) is 8.42 Å². The molecular weight excluding hydrogens is 650 g/mol. The predicted molar refractivity (Wildman–Crippen MR) is 183 cm³/mol. The molecule has 0 aliphatic heterocycles. The average Bonchev–Trinajstić information content (AvgIpc) is 3.02. The van der Waals surface area contributed by atoms with Crippen LogP contribution < -0.4 is 9.62 Å². The van der Waals surface area contributed by atoms with Gasteiger partial charge in [0, 0.05) is 24.0 Å². The van der Waals surface area contributed by atoms with E-state index in [2.05, 4.69) is 21.2 Å². The van der Waals surface area contributed by atoms with E-state index in [-0.39, 0.29) is 29.7 Å². The second-order valence-electron chi connectivity index (χ2n) is 11.7. The van der Waals surface area contributed by atoms with Crippen LogP contribution in [0.3, 0.4) is 0 Å². The highest BCUT2D eigenvalue weighted by molar-refractivity contribution is 9.10. The Morgan fingerprint density at radius 1 is 0.778 bits per heavy atom. The lowest BCUT2D eigenvalue weighted by Gasteiger charge is -2.34. The number of amides is 2. The first kappa shape index (κ1) is 33.9. The molecule has 0 fully saturated rings. The third-order valence-corrected chi connectivity index (χ3v) is 9.75. The number of carbonyl (C=O) groups excluding carboxylic acids is 2. The number of hydrogen-bond acceptors (Lipinski definition) is 4. The largest absolute Gasteiger partial charge is 0.354 e. The van der Waals surface area contributed by atoms with Crippen molar-refractivity contribution in [3.05, 3.63) is 130 Å². The highest BCUT2D eigenvalue weighted by atomic mass is 79.9. The van der Waals surface area contributed by atoms with Crippen LogP contribution >= 0.6 is 15.9 Å². The number of sulfonamides is 1. The van der Waals surface area contributed by atoms with Crippen LogP contribution in [0, 0.1) is 19.8 Å². The van der Waals surface area contributed by atoms with E-state index in [0.29, 0.717) is 12.2 Å². The third kappa shape index (κ3) is 9.28. The Balaban J connectivity index is 1.79. The molecular formula is C36H40BrN3O4S. The lowest BCUT2D eigenvalue weighted by atomic mass is 10.0. The summed E-state index contributed by atoms with van der Waals surface area (Å²) in [6.45, 7) is 7.96. The minimum atomic E-state index is -4.15. The van der Waals surface area contributed by atoms with Gasteiger partial charge in [0.1, 0.15) is 12.6 Å². The Kier molecular flexibility index (Phi) is 11.6. The number of aryl methyl sites for hydroxylation is 2. The number of carbonyl (C=O) groups is 2. The van der Waals surface area contributed by atoms with E-state index in [1.807, 2.05) is 82.3 Å². The number of rotatable bonds is 13. The summed E-state index contributed by atoms with van der Waals surface area (Å²) in [7, 11) is -4.15. The minimum absolute atomic E-state index is 0.0735. The monoisotopic (exact) mass is 689 g/mol. The first-order valence-electron chi connectivity index (χ1n) is 15.0. The summed E-state index contributed by atoms with van der Waals surface area (Å²) in [5.41, 5.74) is 4.05. The molecule has 9 heteroatoms. The molecule has 2 amide bonds. The van der Waals surface area contributed by atoms with E-state index in [4.69, 9.17) is 0 Å². The Hall–Kier alpha value is -3.95. The van der Waals surface area contributed by atoms with Crippen molar-refractivity contribution in [2.45, 2.75) is 51.6 Å². The number of nitrogens with one attached hydrogen (secondary N) is 1. The van der Waals surface area contributed by atoms with Gasteiger partial charge in [-0.2, -0.15) is 0 Å². The van der Waals surface area contributed by atoms with Gasteiger partial charge in [0.25, 0.3) is 10.0 Å². The third-order valence-electron chi connectivity index (χ3n) is 7.43. The maximum absolute atomic E-state index is 14.5. The van der Waals surface area contributed by atoms with Crippen molar-refractivity contribution in [2.75, 3.05) is 17.4 Å². The van der Waals surface area contributed by atoms with Gasteiger partial charge in [-0.15, -0.1) is 0 Å². The second-order valence-corrected chi connectivity index (χ2v) is 14.4. The fourth-order valence-electron chi connectivity index (χ4n) is 4.84. The van der Waals surface area contributed by atoms with Crippen molar-refractivity contribution >= 4 is 43.5 Å². The van der Waals surface area contributed by atoms with Crippen molar-refractivity contribution in [1.82, 2.24) is 10.2 Å². The second kappa shape index (κ2) is 15.4. The number of hydrogen-bond donors (Lipinski definition) is 1. The predicted octanol–water partition coefficient (Wildman–Crippen LogP) is 6.67. The number of nitrogens with zero attached hydrogens (tertiary/aromatic N) is 2. The van der Waals surface area contributed by atoms with E-state index in [0.717, 1.165) is 31.0 Å². The van der Waals surface area contributed by atoms with Crippen LogP contribution in [-0.2, 0) is 32.6 Å². The summed E-state index contributed by atoms with van der Waals surface area (Å²) in [5.74, 6) is -0.570. The zero-order chi connectivity index (χ0) is 32.6. The number of anilines is 1. The van der Waals surface area contributed by atoms with Gasteiger partial charge in [0.2, 0.25) is 11.8 Å². The Morgan fingerprint density at radius 2 is 1.36 bits per heavy atom. The van der Waals surface area contributed by atoms with Gasteiger partial charge < -0.3 is 10.2 Å². The summed E-state index contributed by atoms with van der Waals surface area (Å²) in [4.78, 5) is 29.9. The van der Waals surface area contributed by atoms with Gasteiger partial charge in [-0.05, 0) is 67.3 Å². The normalized spacial score (nSPS) is 12.0. The molecule has 0 spiro atoms. The summed E-state index contributed by atoms with van der Waals surface area (Å²) in [5, 5.41) is 3.02. The molecule has 0 heterocycles. The van der Waals surface area contributed by atoms with Gasteiger partial charge in [0.15, 0.2) is 0 Å². The molecule has 0 aliphatic rings. The van der Waals surface area contributed by atoms with E-state index < -0.39 is 28.5 Å². The molecule has 7 nitrogen and oxygen atoms in total. The van der Waals surface area contributed by atoms with Crippen LogP contribution in [0.2, 0.25) is 0 Å². The first-order valence-corrected chi connectivity index (χ1v) is 17.2. The molecule has 4 aromatic rings. The molecule has 4 rings (SSSR count). The summed E-state index contributed by atoms with van der Waals surface area (Å²) >= 11 is 3.42. The molecule has 0 unspecified atom stereocenters. The smallest absolute Gasteiger partial charge is 0.264 e. The van der Waals surface area contributed by atoms with Crippen LogP contribution in [0.5, 0.6) is 0 Å².